The Morgan fingerprint density at radius 1 is 1.43 bits per heavy atom. The van der Waals surface area contributed by atoms with Crippen LogP contribution in [0.25, 0.3) is 0 Å². The van der Waals surface area contributed by atoms with Gasteiger partial charge in [0.25, 0.3) is 10.1 Å². The highest BCUT2D eigenvalue weighted by Crippen LogP contribution is 2.26. The van der Waals surface area contributed by atoms with Crippen molar-refractivity contribution in [3.05, 3.63) is 34.3 Å². The van der Waals surface area contributed by atoms with Crippen LogP contribution in [0.3, 0.4) is 0 Å². The molecule has 0 saturated carbocycles. The third-order valence-electron chi connectivity index (χ3n) is 2.32. The number of ether oxygens (including phenoxy) is 1. The van der Waals surface area contributed by atoms with E-state index in [4.69, 9.17) is 16.2 Å². The van der Waals surface area contributed by atoms with Crippen LogP contribution in [0.15, 0.2) is 18.2 Å². The summed E-state index contributed by atoms with van der Waals surface area (Å²) >= 11 is 5.71. The summed E-state index contributed by atoms with van der Waals surface area (Å²) in [6.07, 6.45) is -8.14. The number of esters is 1. The lowest BCUT2D eigenvalue weighted by molar-refractivity contribution is -0.197. The average Bonchev–Trinajstić information content (AvgIpc) is 2.24. The second kappa shape index (κ2) is 6.20. The molecule has 0 aliphatic carbocycles. The van der Waals surface area contributed by atoms with Crippen LogP contribution in [-0.4, -0.2) is 37.0 Å². The van der Waals surface area contributed by atoms with Gasteiger partial charge in [-0.2, -0.15) is 21.6 Å². The van der Waals surface area contributed by atoms with E-state index in [0.717, 1.165) is 6.07 Å². The lowest BCUT2D eigenvalue weighted by Crippen LogP contribution is -2.39. The highest BCUT2D eigenvalue weighted by Gasteiger charge is 2.45. The Hall–Kier alpha value is -1.32. The summed E-state index contributed by atoms with van der Waals surface area (Å²) in [6, 6.07) is 3.91. The zero-order valence-electron chi connectivity index (χ0n) is 10.5. The van der Waals surface area contributed by atoms with Crippen LogP contribution in [0, 0.1) is 6.92 Å². The van der Waals surface area contributed by atoms with Crippen LogP contribution in [-0.2, 0) is 14.9 Å². The van der Waals surface area contributed by atoms with Crippen molar-refractivity contribution in [3.8, 4) is 0 Å². The number of carbonyl (C=O) groups excluding carboxylic acids is 1. The fourth-order valence-corrected chi connectivity index (χ4v) is 2.32. The van der Waals surface area contributed by atoms with Crippen LogP contribution in [0.4, 0.5) is 13.2 Å². The van der Waals surface area contributed by atoms with Crippen molar-refractivity contribution >= 4 is 27.7 Å². The van der Waals surface area contributed by atoms with Gasteiger partial charge in [0.1, 0.15) is 5.75 Å². The Bertz CT molecular complexity index is 642. The third-order valence-corrected chi connectivity index (χ3v) is 3.36. The van der Waals surface area contributed by atoms with Crippen LogP contribution in [0.5, 0.6) is 0 Å². The van der Waals surface area contributed by atoms with Gasteiger partial charge in [-0.05, 0) is 24.6 Å². The molecule has 118 valence electrons. The molecule has 1 unspecified atom stereocenters. The number of halogens is 4. The van der Waals surface area contributed by atoms with Gasteiger partial charge in [-0.25, -0.2) is 4.79 Å². The first-order chi connectivity index (χ1) is 9.40. The number of rotatable bonds is 4. The fraction of sp³-hybridized carbons (Fsp3) is 0.364. The zero-order chi connectivity index (χ0) is 16.4. The summed E-state index contributed by atoms with van der Waals surface area (Å²) in [6.45, 7) is 1.65. The monoisotopic (exact) mass is 346 g/mol. The van der Waals surface area contributed by atoms with Gasteiger partial charge in [0.2, 0.25) is 6.10 Å². The molecule has 1 N–H and O–H groups in total. The van der Waals surface area contributed by atoms with E-state index in [-0.39, 0.29) is 10.6 Å². The van der Waals surface area contributed by atoms with Gasteiger partial charge < -0.3 is 4.74 Å². The van der Waals surface area contributed by atoms with Crippen molar-refractivity contribution in [1.82, 2.24) is 0 Å². The highest BCUT2D eigenvalue weighted by molar-refractivity contribution is 7.85. The first-order valence-corrected chi connectivity index (χ1v) is 7.38. The molecule has 0 radical (unpaired) electrons. The second-order valence-corrected chi connectivity index (χ2v) is 6.07. The molecular weight excluding hydrogens is 337 g/mol. The van der Waals surface area contributed by atoms with E-state index in [9.17, 15) is 26.4 Å². The molecule has 0 heterocycles. The number of hydrogen-bond donors (Lipinski definition) is 1. The summed E-state index contributed by atoms with van der Waals surface area (Å²) < 4.78 is 71.5. The maximum Gasteiger partial charge on any atom is 0.426 e. The topological polar surface area (TPSA) is 80.7 Å². The number of alkyl halides is 3. The van der Waals surface area contributed by atoms with Gasteiger partial charge in [0, 0.05) is 0 Å². The van der Waals surface area contributed by atoms with Gasteiger partial charge >= 0.3 is 12.1 Å². The standard InChI is InChI=1S/C11H10ClF3O5S/c1-6-2-3-7(8(12)4-6)10(16)20-9(11(13,14)15)5-21(17,18)19/h2-4,9H,5H2,1H3,(H,17,18,19). The quantitative estimate of drug-likeness (QED) is 0.669. The van der Waals surface area contributed by atoms with E-state index >= 15 is 0 Å². The summed E-state index contributed by atoms with van der Waals surface area (Å²) in [4.78, 5) is 11.6. The van der Waals surface area contributed by atoms with Crippen molar-refractivity contribution < 1.29 is 35.7 Å². The number of aryl methyl sites for hydroxylation is 1. The Balaban J connectivity index is 3.01. The Kier molecular flexibility index (Phi) is 5.24. The van der Waals surface area contributed by atoms with E-state index in [1.54, 1.807) is 6.92 Å². The van der Waals surface area contributed by atoms with Crippen LogP contribution in [0.2, 0.25) is 5.02 Å². The molecule has 1 rings (SSSR count). The van der Waals surface area contributed by atoms with Crippen LogP contribution >= 0.6 is 11.6 Å². The minimum Gasteiger partial charge on any atom is -0.448 e. The second-order valence-electron chi connectivity index (χ2n) is 4.17. The van der Waals surface area contributed by atoms with Gasteiger partial charge in [-0.15, -0.1) is 0 Å². The summed E-state index contributed by atoms with van der Waals surface area (Å²) in [5.74, 6) is -3.22. The first-order valence-electron chi connectivity index (χ1n) is 5.39. The van der Waals surface area contributed by atoms with Crippen molar-refractivity contribution in [1.29, 1.82) is 0 Å². The lowest BCUT2D eigenvalue weighted by Gasteiger charge is -2.19. The smallest absolute Gasteiger partial charge is 0.426 e. The number of benzene rings is 1. The molecule has 0 fully saturated rings. The normalized spacial score (nSPS) is 13.8. The van der Waals surface area contributed by atoms with Crippen molar-refractivity contribution in [2.45, 2.75) is 19.2 Å². The third kappa shape index (κ3) is 5.52. The number of carbonyl (C=O) groups is 1. The van der Waals surface area contributed by atoms with Gasteiger partial charge in [0.05, 0.1) is 10.6 Å². The largest absolute Gasteiger partial charge is 0.448 e. The molecular formula is C11H10ClF3O5S. The molecule has 0 amide bonds. The summed E-state index contributed by atoms with van der Waals surface area (Å²) in [5, 5.41) is -0.132. The van der Waals surface area contributed by atoms with Crippen molar-refractivity contribution in [2.24, 2.45) is 0 Å². The average molecular weight is 347 g/mol. The minimum atomic E-state index is -5.15. The van der Waals surface area contributed by atoms with Crippen molar-refractivity contribution in [2.75, 3.05) is 5.75 Å². The zero-order valence-corrected chi connectivity index (χ0v) is 12.1. The molecule has 1 atom stereocenters. The predicted octanol–water partition coefficient (Wildman–Crippen LogP) is 2.62. The van der Waals surface area contributed by atoms with E-state index in [0.29, 0.717) is 5.56 Å². The minimum absolute atomic E-state index is 0.132. The Labute approximate surface area is 123 Å². The van der Waals surface area contributed by atoms with Crippen molar-refractivity contribution in [3.63, 3.8) is 0 Å². The maximum atomic E-state index is 12.6. The summed E-state index contributed by atoms with van der Waals surface area (Å²) in [7, 11) is -4.98. The molecule has 0 aliphatic heterocycles. The molecule has 0 spiro atoms. The van der Waals surface area contributed by atoms with Crippen LogP contribution in [0.1, 0.15) is 15.9 Å². The highest BCUT2D eigenvalue weighted by atomic mass is 35.5. The molecule has 1 aromatic carbocycles. The molecule has 10 heteroatoms. The molecule has 5 nitrogen and oxygen atoms in total. The molecule has 0 saturated heterocycles. The fourth-order valence-electron chi connectivity index (χ4n) is 1.36. The van der Waals surface area contributed by atoms with E-state index in [1.165, 1.54) is 12.1 Å². The van der Waals surface area contributed by atoms with E-state index in [1.807, 2.05) is 0 Å². The molecule has 0 bridgehead atoms. The van der Waals surface area contributed by atoms with Crippen LogP contribution < -0.4 is 0 Å². The lowest BCUT2D eigenvalue weighted by atomic mass is 10.1. The summed E-state index contributed by atoms with van der Waals surface area (Å²) in [5.41, 5.74) is 0.328. The molecule has 1 aromatic rings. The Morgan fingerprint density at radius 2 is 2.00 bits per heavy atom. The predicted molar refractivity (Wildman–Crippen MR) is 67.9 cm³/mol. The van der Waals surface area contributed by atoms with Gasteiger partial charge in [-0.3, -0.25) is 4.55 Å². The molecule has 0 aromatic heterocycles. The van der Waals surface area contributed by atoms with Gasteiger partial charge in [0.15, 0.2) is 0 Å². The van der Waals surface area contributed by atoms with Gasteiger partial charge in [-0.1, -0.05) is 17.7 Å². The Morgan fingerprint density at radius 3 is 2.43 bits per heavy atom. The molecule has 21 heavy (non-hydrogen) atoms. The first kappa shape index (κ1) is 17.7. The van der Waals surface area contributed by atoms with E-state index < -0.39 is 34.1 Å². The maximum absolute atomic E-state index is 12.6. The van der Waals surface area contributed by atoms with E-state index in [2.05, 4.69) is 4.74 Å². The SMILES string of the molecule is Cc1ccc(C(=O)OC(CS(=O)(=O)O)C(F)(F)F)c(Cl)c1. The number of hydrogen-bond acceptors (Lipinski definition) is 4. The molecule has 0 aliphatic rings.